The Labute approximate surface area is 499 Å². The molecule has 0 saturated heterocycles. The summed E-state index contributed by atoms with van der Waals surface area (Å²) in [4.78, 5) is 38.0. The normalized spacial score (nSPS) is 13.2. The van der Waals surface area contributed by atoms with Crippen LogP contribution in [0.4, 0.5) is 0 Å². The molecule has 1 atom stereocenters. The number of allylic oxidation sites excluding steroid dienone is 26. The van der Waals surface area contributed by atoms with Gasteiger partial charge in [0, 0.05) is 19.3 Å². The molecule has 0 fully saturated rings. The Morgan fingerprint density at radius 3 is 0.778 bits per heavy atom. The number of unbranched alkanes of at least 4 members (excludes halogenated alkanes) is 21. The van der Waals surface area contributed by atoms with Crippen molar-refractivity contribution in [2.24, 2.45) is 0 Å². The number of ether oxygens (including phenoxy) is 3. The highest BCUT2D eigenvalue weighted by atomic mass is 16.6. The van der Waals surface area contributed by atoms with E-state index in [9.17, 15) is 14.4 Å². The summed E-state index contributed by atoms with van der Waals surface area (Å²) < 4.78 is 16.7. The Morgan fingerprint density at radius 2 is 0.481 bits per heavy atom. The second-order valence-electron chi connectivity index (χ2n) is 21.3. The van der Waals surface area contributed by atoms with Crippen LogP contribution in [-0.2, 0) is 28.6 Å². The van der Waals surface area contributed by atoms with Crippen molar-refractivity contribution >= 4 is 17.9 Å². The van der Waals surface area contributed by atoms with Crippen LogP contribution >= 0.6 is 0 Å². The molecule has 0 spiro atoms. The zero-order valence-corrected chi connectivity index (χ0v) is 52.2. The fourth-order valence-corrected chi connectivity index (χ4v) is 8.66. The van der Waals surface area contributed by atoms with Crippen LogP contribution in [0.15, 0.2) is 158 Å². The lowest BCUT2D eigenvalue weighted by atomic mass is 10.0. The van der Waals surface area contributed by atoms with Crippen molar-refractivity contribution in [2.45, 2.75) is 284 Å². The van der Waals surface area contributed by atoms with Gasteiger partial charge in [-0.1, -0.05) is 288 Å². The van der Waals surface area contributed by atoms with Gasteiger partial charge in [0.25, 0.3) is 0 Å². The Kier molecular flexibility index (Phi) is 63.4. The van der Waals surface area contributed by atoms with E-state index in [4.69, 9.17) is 14.2 Å². The lowest BCUT2D eigenvalue weighted by molar-refractivity contribution is -0.167. The first-order chi connectivity index (χ1) is 40.0. The van der Waals surface area contributed by atoms with Crippen molar-refractivity contribution in [1.29, 1.82) is 0 Å². The van der Waals surface area contributed by atoms with Crippen LogP contribution in [0.2, 0.25) is 0 Å². The highest BCUT2D eigenvalue weighted by Gasteiger charge is 2.19. The van der Waals surface area contributed by atoms with Crippen LogP contribution < -0.4 is 0 Å². The van der Waals surface area contributed by atoms with Gasteiger partial charge in [-0.3, -0.25) is 14.4 Å². The molecule has 81 heavy (non-hydrogen) atoms. The van der Waals surface area contributed by atoms with Crippen molar-refractivity contribution in [3.8, 4) is 0 Å². The SMILES string of the molecule is CC/C=C\C/C=C\C/C=C\C/C=C\C/C=C\C/C=C\C/C=C\C/C=C\CCCCC(=O)OC(COC(=O)CCCCCCC)COC(=O)CCCCCCCCCCCCCCCCC/C=C\C/C=C\C/C=C\C/C=C\C/C=C\CC. The third kappa shape index (κ3) is 65.7. The van der Waals surface area contributed by atoms with Gasteiger partial charge < -0.3 is 14.2 Å². The van der Waals surface area contributed by atoms with E-state index in [1.54, 1.807) is 0 Å². The summed E-state index contributed by atoms with van der Waals surface area (Å²) >= 11 is 0. The van der Waals surface area contributed by atoms with Crippen molar-refractivity contribution in [2.75, 3.05) is 13.2 Å². The van der Waals surface area contributed by atoms with Crippen LogP contribution in [0.3, 0.4) is 0 Å². The monoisotopic (exact) mass is 1120 g/mol. The maximum Gasteiger partial charge on any atom is 0.306 e. The molecule has 0 amide bonds. The average Bonchev–Trinajstić information content (AvgIpc) is 3.47. The summed E-state index contributed by atoms with van der Waals surface area (Å²) in [5, 5.41) is 0. The zero-order chi connectivity index (χ0) is 58.5. The van der Waals surface area contributed by atoms with E-state index in [2.05, 4.69) is 179 Å². The maximum absolute atomic E-state index is 12.8. The first-order valence-corrected chi connectivity index (χ1v) is 33.0. The number of carbonyl (C=O) groups is 3. The second kappa shape index (κ2) is 67.5. The van der Waals surface area contributed by atoms with Crippen LogP contribution in [0.1, 0.15) is 278 Å². The molecule has 0 aliphatic rings. The van der Waals surface area contributed by atoms with E-state index >= 15 is 0 Å². The quantitative estimate of drug-likeness (QED) is 0.0261. The number of hydrogen-bond donors (Lipinski definition) is 0. The van der Waals surface area contributed by atoms with Gasteiger partial charge in [0.2, 0.25) is 0 Å². The van der Waals surface area contributed by atoms with E-state index < -0.39 is 6.10 Å². The van der Waals surface area contributed by atoms with Crippen LogP contribution in [0.5, 0.6) is 0 Å². The third-order valence-electron chi connectivity index (χ3n) is 13.5. The molecule has 0 aromatic carbocycles. The van der Waals surface area contributed by atoms with Gasteiger partial charge in [-0.05, 0) is 128 Å². The van der Waals surface area contributed by atoms with E-state index in [1.807, 2.05) is 0 Å². The fourth-order valence-electron chi connectivity index (χ4n) is 8.66. The summed E-state index contributed by atoms with van der Waals surface area (Å²) in [7, 11) is 0. The Hall–Kier alpha value is -4.97. The fraction of sp³-hybridized carbons (Fsp3) is 0.613. The lowest BCUT2D eigenvalue weighted by Crippen LogP contribution is -2.30. The number of hydrogen-bond acceptors (Lipinski definition) is 6. The first-order valence-electron chi connectivity index (χ1n) is 33.0. The molecule has 456 valence electrons. The second-order valence-corrected chi connectivity index (χ2v) is 21.3. The van der Waals surface area contributed by atoms with Gasteiger partial charge in [-0.25, -0.2) is 0 Å². The minimum Gasteiger partial charge on any atom is -0.462 e. The smallest absolute Gasteiger partial charge is 0.306 e. The molecule has 0 radical (unpaired) electrons. The molecule has 0 rings (SSSR count). The van der Waals surface area contributed by atoms with Crippen molar-refractivity contribution in [3.05, 3.63) is 158 Å². The van der Waals surface area contributed by atoms with Gasteiger partial charge in [0.1, 0.15) is 13.2 Å². The van der Waals surface area contributed by atoms with Crippen molar-refractivity contribution < 1.29 is 28.6 Å². The van der Waals surface area contributed by atoms with Crippen LogP contribution in [0.25, 0.3) is 0 Å². The zero-order valence-electron chi connectivity index (χ0n) is 52.2. The molecule has 0 N–H and O–H groups in total. The highest BCUT2D eigenvalue weighted by molar-refractivity contribution is 5.71. The van der Waals surface area contributed by atoms with Crippen molar-refractivity contribution in [3.63, 3.8) is 0 Å². The predicted octanol–water partition coefficient (Wildman–Crippen LogP) is 22.9. The Balaban J connectivity index is 4.12. The lowest BCUT2D eigenvalue weighted by Gasteiger charge is -2.18. The summed E-state index contributed by atoms with van der Waals surface area (Å²) in [6.45, 7) is 6.29. The van der Waals surface area contributed by atoms with Gasteiger partial charge in [0.15, 0.2) is 6.10 Å². The molecule has 0 aromatic heterocycles. The highest BCUT2D eigenvalue weighted by Crippen LogP contribution is 2.16. The number of esters is 3. The van der Waals surface area contributed by atoms with Crippen LogP contribution in [0, 0.1) is 0 Å². The van der Waals surface area contributed by atoms with Gasteiger partial charge >= 0.3 is 17.9 Å². The number of carbonyl (C=O) groups excluding carboxylic acids is 3. The van der Waals surface area contributed by atoms with Crippen LogP contribution in [-0.4, -0.2) is 37.2 Å². The molecule has 6 heteroatoms. The van der Waals surface area contributed by atoms with Gasteiger partial charge in [-0.2, -0.15) is 0 Å². The maximum atomic E-state index is 12.8. The van der Waals surface area contributed by atoms with E-state index in [1.165, 1.54) is 83.5 Å². The standard InChI is InChI=1S/C75H120O6/c1-4-7-10-13-15-17-19-21-23-25-27-29-31-33-35-36-37-38-40-41-43-45-47-49-51-53-55-57-59-62-65-68-74(77)80-71-72(70-79-73(76)67-64-61-12-9-6-3)81-75(78)69-66-63-60-58-56-54-52-50-48-46-44-42-39-34-32-30-28-26-24-22-20-18-16-14-11-8-5-2/h7-8,10-11,15-18,21-24,27-30,33-35,39,44,46,50,52,56,58,72H,4-6,9,12-14,19-20,25-26,31-32,36-38,40-43,45,47-49,51,53-55,57,59-71H2,1-3H3/b10-7-,11-8-,17-15-,18-16-,23-21-,24-22-,29-27-,30-28-,35-33-,39-34-,46-44-,52-50-,58-56-. The summed E-state index contributed by atoms with van der Waals surface area (Å²) in [5.74, 6) is -0.960. The molecule has 0 aliphatic heterocycles. The summed E-state index contributed by atoms with van der Waals surface area (Å²) in [6.07, 6.45) is 98.8. The predicted molar refractivity (Wildman–Crippen MR) is 352 cm³/mol. The molecule has 0 bridgehead atoms. The molecule has 0 heterocycles. The van der Waals surface area contributed by atoms with Gasteiger partial charge in [-0.15, -0.1) is 0 Å². The van der Waals surface area contributed by atoms with E-state index in [0.717, 1.165) is 148 Å². The molecule has 0 aliphatic carbocycles. The molecule has 1 unspecified atom stereocenters. The third-order valence-corrected chi connectivity index (χ3v) is 13.5. The van der Waals surface area contributed by atoms with Gasteiger partial charge in [0.05, 0.1) is 0 Å². The summed E-state index contributed by atoms with van der Waals surface area (Å²) in [6, 6.07) is 0. The Morgan fingerprint density at radius 1 is 0.259 bits per heavy atom. The minimum atomic E-state index is -0.804. The molecule has 0 aromatic rings. The average molecular weight is 1120 g/mol. The van der Waals surface area contributed by atoms with E-state index in [-0.39, 0.29) is 37.5 Å². The minimum absolute atomic E-state index is 0.100. The topological polar surface area (TPSA) is 78.9 Å². The van der Waals surface area contributed by atoms with Crippen molar-refractivity contribution in [1.82, 2.24) is 0 Å². The first kappa shape index (κ1) is 76.0. The Bertz CT molecular complexity index is 1810. The molecular formula is C75H120O6. The summed E-state index contributed by atoms with van der Waals surface area (Å²) in [5.41, 5.74) is 0. The molecular weight excluding hydrogens is 997 g/mol. The largest absolute Gasteiger partial charge is 0.462 e. The van der Waals surface area contributed by atoms with E-state index in [0.29, 0.717) is 19.3 Å². The molecule has 0 saturated carbocycles. The number of rotatable bonds is 58. The molecule has 6 nitrogen and oxygen atoms in total.